The molecule has 0 saturated carbocycles. The van der Waals surface area contributed by atoms with Crippen LogP contribution in [-0.4, -0.2) is 31.7 Å². The molecule has 0 atom stereocenters. The van der Waals surface area contributed by atoms with Crippen molar-refractivity contribution in [3.05, 3.63) is 35.7 Å². The Labute approximate surface area is 124 Å². The van der Waals surface area contributed by atoms with Crippen LogP contribution in [0.25, 0.3) is 11.5 Å². The zero-order valence-electron chi connectivity index (χ0n) is 12.8. The molecule has 0 unspecified atom stereocenters. The molecule has 1 aromatic heterocycles. The van der Waals surface area contributed by atoms with Gasteiger partial charge in [0.15, 0.2) is 0 Å². The maximum atomic E-state index is 11.9. The number of benzene rings is 1. The smallest absolute Gasteiger partial charge is 0.376 e. The van der Waals surface area contributed by atoms with E-state index in [9.17, 15) is 4.79 Å². The van der Waals surface area contributed by atoms with Gasteiger partial charge in [-0.2, -0.15) is 0 Å². The number of aryl methyl sites for hydroxylation is 1. The highest BCUT2D eigenvalue weighted by molar-refractivity contribution is 5.88. The molecule has 0 radical (unpaired) electrons. The minimum absolute atomic E-state index is 0.199. The highest BCUT2D eigenvalue weighted by atomic mass is 16.5. The summed E-state index contributed by atoms with van der Waals surface area (Å²) >= 11 is 0. The quantitative estimate of drug-likeness (QED) is 0.791. The van der Waals surface area contributed by atoms with Crippen LogP contribution in [0, 0.1) is 0 Å². The zero-order valence-corrected chi connectivity index (χ0v) is 12.8. The minimum Gasteiger partial charge on any atom is -0.460 e. The predicted octanol–water partition coefficient (Wildman–Crippen LogP) is 3.15. The van der Waals surface area contributed by atoms with E-state index < -0.39 is 5.97 Å². The van der Waals surface area contributed by atoms with E-state index in [1.807, 2.05) is 50.2 Å². The molecular formula is C16H20N2O3. The van der Waals surface area contributed by atoms with Gasteiger partial charge in [0.25, 0.3) is 0 Å². The second kappa shape index (κ2) is 6.43. The molecule has 0 aliphatic rings. The number of esters is 1. The molecule has 112 valence electrons. The summed E-state index contributed by atoms with van der Waals surface area (Å²) in [5, 5.41) is 0. The summed E-state index contributed by atoms with van der Waals surface area (Å²) in [5.41, 5.74) is 2.51. The Morgan fingerprint density at radius 2 is 2.10 bits per heavy atom. The van der Waals surface area contributed by atoms with Crippen molar-refractivity contribution < 1.29 is 13.9 Å². The first-order valence-corrected chi connectivity index (χ1v) is 7.01. The van der Waals surface area contributed by atoms with Crippen molar-refractivity contribution in [3.63, 3.8) is 0 Å². The van der Waals surface area contributed by atoms with E-state index in [-0.39, 0.29) is 5.76 Å². The third-order valence-electron chi connectivity index (χ3n) is 3.10. The maximum Gasteiger partial charge on any atom is 0.376 e. The summed E-state index contributed by atoms with van der Waals surface area (Å²) in [7, 11) is 3.94. The van der Waals surface area contributed by atoms with Crippen LogP contribution < -0.4 is 4.90 Å². The van der Waals surface area contributed by atoms with Crippen molar-refractivity contribution in [2.45, 2.75) is 20.3 Å². The molecule has 0 aliphatic carbocycles. The van der Waals surface area contributed by atoms with E-state index >= 15 is 0 Å². The Morgan fingerprint density at radius 3 is 2.71 bits per heavy atom. The fraction of sp³-hybridized carbons (Fsp3) is 0.375. The number of ether oxygens (including phenoxy) is 1. The first-order valence-electron chi connectivity index (χ1n) is 7.01. The van der Waals surface area contributed by atoms with Crippen molar-refractivity contribution in [2.24, 2.45) is 0 Å². The lowest BCUT2D eigenvalue weighted by Crippen LogP contribution is -2.08. The van der Waals surface area contributed by atoms with E-state index in [4.69, 9.17) is 9.15 Å². The number of hydrogen-bond donors (Lipinski definition) is 0. The van der Waals surface area contributed by atoms with Crippen LogP contribution in [0.4, 0.5) is 5.69 Å². The topological polar surface area (TPSA) is 55.6 Å². The minimum atomic E-state index is -0.461. The monoisotopic (exact) mass is 288 g/mol. The zero-order chi connectivity index (χ0) is 15.4. The summed E-state index contributed by atoms with van der Waals surface area (Å²) in [6.45, 7) is 4.01. The standard InChI is InChI=1S/C16H20N2O3/c1-5-13-14(16(19)20-6-2)21-15(17-13)11-8-7-9-12(10-11)18(3)4/h7-10H,5-6H2,1-4H3. The molecule has 0 saturated heterocycles. The van der Waals surface area contributed by atoms with Crippen LogP contribution in [0.5, 0.6) is 0 Å². The second-order valence-corrected chi connectivity index (χ2v) is 4.81. The van der Waals surface area contributed by atoms with Gasteiger partial charge in [-0.15, -0.1) is 0 Å². The van der Waals surface area contributed by atoms with Gasteiger partial charge in [-0.3, -0.25) is 0 Å². The molecule has 0 N–H and O–H groups in total. The van der Waals surface area contributed by atoms with Gasteiger partial charge in [0.1, 0.15) is 0 Å². The summed E-state index contributed by atoms with van der Waals surface area (Å²) < 4.78 is 10.6. The number of hydrogen-bond acceptors (Lipinski definition) is 5. The third-order valence-corrected chi connectivity index (χ3v) is 3.10. The SMILES string of the molecule is CCOC(=O)c1oc(-c2cccc(N(C)C)c2)nc1CC. The molecule has 0 bridgehead atoms. The molecule has 0 aliphatic heterocycles. The average Bonchev–Trinajstić information content (AvgIpc) is 2.92. The molecular weight excluding hydrogens is 268 g/mol. The van der Waals surface area contributed by atoms with Gasteiger partial charge in [-0.05, 0) is 31.5 Å². The summed E-state index contributed by atoms with van der Waals surface area (Å²) in [5.74, 6) is 0.181. The molecule has 0 spiro atoms. The van der Waals surface area contributed by atoms with Crippen LogP contribution >= 0.6 is 0 Å². The number of aromatic nitrogens is 1. The van der Waals surface area contributed by atoms with Crippen LogP contribution in [0.1, 0.15) is 30.1 Å². The van der Waals surface area contributed by atoms with E-state index in [0.717, 1.165) is 11.3 Å². The molecule has 5 heteroatoms. The van der Waals surface area contributed by atoms with E-state index in [1.165, 1.54) is 0 Å². The molecule has 1 heterocycles. The van der Waals surface area contributed by atoms with Crippen molar-refractivity contribution in [1.29, 1.82) is 0 Å². The van der Waals surface area contributed by atoms with Crippen molar-refractivity contribution in [2.75, 3.05) is 25.6 Å². The van der Waals surface area contributed by atoms with Gasteiger partial charge >= 0.3 is 5.97 Å². The van der Waals surface area contributed by atoms with Crippen LogP contribution in [0.2, 0.25) is 0 Å². The first kappa shape index (κ1) is 15.1. The molecule has 5 nitrogen and oxygen atoms in total. The lowest BCUT2D eigenvalue weighted by molar-refractivity contribution is 0.0489. The van der Waals surface area contributed by atoms with Gasteiger partial charge in [-0.1, -0.05) is 13.0 Å². The molecule has 0 amide bonds. The van der Waals surface area contributed by atoms with Gasteiger partial charge in [0, 0.05) is 25.3 Å². The van der Waals surface area contributed by atoms with Crippen molar-refractivity contribution in [3.8, 4) is 11.5 Å². The van der Waals surface area contributed by atoms with E-state index in [2.05, 4.69) is 4.98 Å². The van der Waals surface area contributed by atoms with E-state index in [1.54, 1.807) is 6.92 Å². The predicted molar refractivity (Wildman–Crippen MR) is 81.6 cm³/mol. The highest BCUT2D eigenvalue weighted by Gasteiger charge is 2.21. The van der Waals surface area contributed by atoms with Gasteiger partial charge in [0.2, 0.25) is 11.7 Å². The number of carbonyl (C=O) groups is 1. The average molecular weight is 288 g/mol. The number of carbonyl (C=O) groups excluding carboxylic acids is 1. The van der Waals surface area contributed by atoms with Crippen LogP contribution in [-0.2, 0) is 11.2 Å². The van der Waals surface area contributed by atoms with Gasteiger partial charge < -0.3 is 14.1 Å². The maximum absolute atomic E-state index is 11.9. The molecule has 21 heavy (non-hydrogen) atoms. The normalized spacial score (nSPS) is 10.5. The van der Waals surface area contributed by atoms with Gasteiger partial charge in [0.05, 0.1) is 12.3 Å². The largest absolute Gasteiger partial charge is 0.460 e. The summed E-state index contributed by atoms with van der Waals surface area (Å²) in [6.07, 6.45) is 0.616. The molecule has 2 rings (SSSR count). The third kappa shape index (κ3) is 3.24. The fourth-order valence-corrected chi connectivity index (χ4v) is 1.99. The van der Waals surface area contributed by atoms with Gasteiger partial charge in [-0.25, -0.2) is 9.78 Å². The Balaban J connectivity index is 2.41. The highest BCUT2D eigenvalue weighted by Crippen LogP contribution is 2.26. The van der Waals surface area contributed by atoms with Crippen LogP contribution in [0.15, 0.2) is 28.7 Å². The van der Waals surface area contributed by atoms with Crippen molar-refractivity contribution >= 4 is 11.7 Å². The molecule has 2 aromatic rings. The summed E-state index contributed by atoms with van der Waals surface area (Å²) in [4.78, 5) is 18.3. The molecule has 1 aromatic carbocycles. The lowest BCUT2D eigenvalue weighted by atomic mass is 10.2. The first-order chi connectivity index (χ1) is 10.1. The Kier molecular flexibility index (Phi) is 4.62. The summed E-state index contributed by atoms with van der Waals surface area (Å²) in [6, 6.07) is 7.82. The lowest BCUT2D eigenvalue weighted by Gasteiger charge is -2.12. The number of anilines is 1. The molecule has 0 fully saturated rings. The van der Waals surface area contributed by atoms with Crippen LogP contribution in [0.3, 0.4) is 0 Å². The Morgan fingerprint density at radius 1 is 1.33 bits per heavy atom. The fourth-order valence-electron chi connectivity index (χ4n) is 1.99. The number of nitrogens with zero attached hydrogens (tertiary/aromatic N) is 2. The second-order valence-electron chi connectivity index (χ2n) is 4.81. The number of rotatable bonds is 5. The number of oxazole rings is 1. The Hall–Kier alpha value is -2.30. The van der Waals surface area contributed by atoms with Crippen molar-refractivity contribution in [1.82, 2.24) is 4.98 Å². The van der Waals surface area contributed by atoms with E-state index in [0.29, 0.717) is 24.6 Å². The Bertz CT molecular complexity index is 632.